The number of carbonyl (C=O) groups excluding carboxylic acids is 1. The van der Waals surface area contributed by atoms with Crippen LogP contribution in [-0.2, 0) is 16.1 Å². The van der Waals surface area contributed by atoms with Crippen LogP contribution in [0.25, 0.3) is 5.57 Å². The SMILES string of the molecule is COC(=O)C(=CO)c1ccccc1OCc1ccccc1. The first kappa shape index (κ1) is 14.7. The van der Waals surface area contributed by atoms with Crippen molar-refractivity contribution >= 4 is 11.5 Å². The average Bonchev–Trinajstić information content (AvgIpc) is 2.55. The molecule has 0 heterocycles. The van der Waals surface area contributed by atoms with E-state index in [1.807, 2.05) is 30.3 Å². The summed E-state index contributed by atoms with van der Waals surface area (Å²) in [5, 5.41) is 9.27. The predicted molar refractivity (Wildman–Crippen MR) is 79.8 cm³/mol. The molecule has 0 radical (unpaired) electrons. The molecule has 0 spiro atoms. The number of hydrogen-bond acceptors (Lipinski definition) is 4. The Balaban J connectivity index is 2.23. The topological polar surface area (TPSA) is 55.8 Å². The van der Waals surface area contributed by atoms with Gasteiger partial charge in [-0.1, -0.05) is 48.5 Å². The smallest absolute Gasteiger partial charge is 0.341 e. The molecular weight excluding hydrogens is 268 g/mol. The molecule has 0 aliphatic carbocycles. The normalized spacial score (nSPS) is 11.0. The first-order valence-corrected chi connectivity index (χ1v) is 6.45. The van der Waals surface area contributed by atoms with Crippen LogP contribution in [0.3, 0.4) is 0 Å². The Morgan fingerprint density at radius 3 is 2.43 bits per heavy atom. The van der Waals surface area contributed by atoms with E-state index in [4.69, 9.17) is 4.74 Å². The van der Waals surface area contributed by atoms with E-state index in [9.17, 15) is 9.90 Å². The van der Waals surface area contributed by atoms with Crippen molar-refractivity contribution in [1.29, 1.82) is 0 Å². The molecule has 1 N–H and O–H groups in total. The molecule has 21 heavy (non-hydrogen) atoms. The Hall–Kier alpha value is -2.75. The molecule has 0 bridgehead atoms. The minimum atomic E-state index is -0.617. The molecule has 108 valence electrons. The summed E-state index contributed by atoms with van der Waals surface area (Å²) in [5.74, 6) is -0.111. The highest BCUT2D eigenvalue weighted by Gasteiger charge is 2.17. The summed E-state index contributed by atoms with van der Waals surface area (Å²) in [7, 11) is 1.26. The van der Waals surface area contributed by atoms with Crippen molar-refractivity contribution in [1.82, 2.24) is 0 Å². The van der Waals surface area contributed by atoms with Crippen molar-refractivity contribution in [2.75, 3.05) is 7.11 Å². The number of aliphatic hydroxyl groups is 1. The highest BCUT2D eigenvalue weighted by atomic mass is 16.5. The van der Waals surface area contributed by atoms with Crippen LogP contribution in [0.4, 0.5) is 0 Å². The van der Waals surface area contributed by atoms with Crippen LogP contribution in [0.2, 0.25) is 0 Å². The van der Waals surface area contributed by atoms with Gasteiger partial charge in [0, 0.05) is 5.56 Å². The second-order valence-electron chi connectivity index (χ2n) is 4.30. The lowest BCUT2D eigenvalue weighted by atomic mass is 10.1. The fraction of sp³-hybridized carbons (Fsp3) is 0.118. The van der Waals surface area contributed by atoms with E-state index in [0.717, 1.165) is 11.8 Å². The highest BCUT2D eigenvalue weighted by Crippen LogP contribution is 2.27. The summed E-state index contributed by atoms with van der Waals surface area (Å²) < 4.78 is 10.4. The van der Waals surface area contributed by atoms with Gasteiger partial charge < -0.3 is 14.6 Å². The number of hydrogen-bond donors (Lipinski definition) is 1. The zero-order valence-electron chi connectivity index (χ0n) is 11.7. The molecule has 0 unspecified atom stereocenters. The maximum atomic E-state index is 11.7. The summed E-state index contributed by atoms with van der Waals surface area (Å²) in [5.41, 5.74) is 1.56. The lowest BCUT2D eigenvalue weighted by Crippen LogP contribution is -2.06. The van der Waals surface area contributed by atoms with Crippen molar-refractivity contribution in [3.8, 4) is 5.75 Å². The van der Waals surface area contributed by atoms with Crippen LogP contribution in [0, 0.1) is 0 Å². The highest BCUT2D eigenvalue weighted by molar-refractivity contribution is 6.16. The first-order chi connectivity index (χ1) is 10.3. The van der Waals surface area contributed by atoms with E-state index in [-0.39, 0.29) is 5.57 Å². The molecule has 0 fully saturated rings. The van der Waals surface area contributed by atoms with Crippen LogP contribution >= 0.6 is 0 Å². The number of carbonyl (C=O) groups is 1. The van der Waals surface area contributed by atoms with Crippen molar-refractivity contribution < 1.29 is 19.4 Å². The Labute approximate surface area is 123 Å². The lowest BCUT2D eigenvalue weighted by molar-refractivity contribution is -0.133. The summed E-state index contributed by atoms with van der Waals surface area (Å²) in [6.45, 7) is 0.373. The Morgan fingerprint density at radius 1 is 1.10 bits per heavy atom. The maximum absolute atomic E-state index is 11.7. The number of ether oxygens (including phenoxy) is 2. The Kier molecular flexibility index (Phi) is 4.99. The van der Waals surface area contributed by atoms with Crippen LogP contribution < -0.4 is 4.74 Å². The number of para-hydroxylation sites is 1. The molecule has 2 aromatic carbocycles. The zero-order chi connectivity index (χ0) is 15.1. The molecular formula is C17H16O4. The van der Waals surface area contributed by atoms with Crippen LogP contribution in [-0.4, -0.2) is 18.2 Å². The van der Waals surface area contributed by atoms with Gasteiger partial charge in [0.2, 0.25) is 0 Å². The molecule has 0 aliphatic rings. The van der Waals surface area contributed by atoms with Gasteiger partial charge in [-0.2, -0.15) is 0 Å². The van der Waals surface area contributed by atoms with E-state index in [1.54, 1.807) is 24.3 Å². The minimum absolute atomic E-state index is 0.0566. The van der Waals surface area contributed by atoms with E-state index in [0.29, 0.717) is 17.9 Å². The van der Waals surface area contributed by atoms with Gasteiger partial charge in [-0.15, -0.1) is 0 Å². The zero-order valence-corrected chi connectivity index (χ0v) is 11.7. The third kappa shape index (κ3) is 3.63. The summed E-state index contributed by atoms with van der Waals surface area (Å²) in [6, 6.07) is 16.7. The minimum Gasteiger partial charge on any atom is -0.515 e. The number of rotatable bonds is 5. The van der Waals surface area contributed by atoms with Crippen LogP contribution in [0.1, 0.15) is 11.1 Å². The van der Waals surface area contributed by atoms with Crippen molar-refractivity contribution in [2.24, 2.45) is 0 Å². The second-order valence-corrected chi connectivity index (χ2v) is 4.30. The Bertz CT molecular complexity index is 632. The maximum Gasteiger partial charge on any atom is 0.341 e. The molecule has 0 amide bonds. The predicted octanol–water partition coefficient (Wildman–Crippen LogP) is 3.34. The third-order valence-corrected chi connectivity index (χ3v) is 2.95. The van der Waals surface area contributed by atoms with Gasteiger partial charge in [0.25, 0.3) is 0 Å². The van der Waals surface area contributed by atoms with Gasteiger partial charge in [0.15, 0.2) is 0 Å². The van der Waals surface area contributed by atoms with E-state index < -0.39 is 5.97 Å². The lowest BCUT2D eigenvalue weighted by Gasteiger charge is -2.12. The number of methoxy groups -OCH3 is 1. The number of aliphatic hydroxyl groups excluding tert-OH is 1. The average molecular weight is 284 g/mol. The molecule has 4 nitrogen and oxygen atoms in total. The summed E-state index contributed by atoms with van der Waals surface area (Å²) in [4.78, 5) is 11.7. The van der Waals surface area contributed by atoms with Gasteiger partial charge in [-0.3, -0.25) is 0 Å². The standard InChI is InChI=1S/C17H16O4/c1-20-17(19)15(11-18)14-9-5-6-10-16(14)21-12-13-7-3-2-4-8-13/h2-11,18H,12H2,1H3. The van der Waals surface area contributed by atoms with Gasteiger partial charge in [-0.05, 0) is 11.6 Å². The van der Waals surface area contributed by atoms with E-state index in [1.165, 1.54) is 7.11 Å². The number of benzene rings is 2. The third-order valence-electron chi connectivity index (χ3n) is 2.95. The fourth-order valence-corrected chi connectivity index (χ4v) is 1.89. The van der Waals surface area contributed by atoms with E-state index >= 15 is 0 Å². The van der Waals surface area contributed by atoms with Crippen molar-refractivity contribution in [2.45, 2.75) is 6.61 Å². The summed E-state index contributed by atoms with van der Waals surface area (Å²) >= 11 is 0. The quantitative estimate of drug-likeness (QED) is 0.520. The van der Waals surface area contributed by atoms with E-state index in [2.05, 4.69) is 4.74 Å². The van der Waals surface area contributed by atoms with Crippen LogP contribution in [0.5, 0.6) is 5.75 Å². The largest absolute Gasteiger partial charge is 0.515 e. The molecule has 0 saturated heterocycles. The molecule has 0 atom stereocenters. The Morgan fingerprint density at radius 2 is 1.76 bits per heavy atom. The second kappa shape index (κ2) is 7.14. The fourth-order valence-electron chi connectivity index (χ4n) is 1.89. The van der Waals surface area contributed by atoms with Gasteiger partial charge in [0.1, 0.15) is 17.9 Å². The van der Waals surface area contributed by atoms with Gasteiger partial charge in [-0.25, -0.2) is 4.79 Å². The molecule has 4 heteroatoms. The monoisotopic (exact) mass is 284 g/mol. The van der Waals surface area contributed by atoms with Crippen LogP contribution in [0.15, 0.2) is 60.9 Å². The van der Waals surface area contributed by atoms with Crippen molar-refractivity contribution in [3.63, 3.8) is 0 Å². The van der Waals surface area contributed by atoms with Gasteiger partial charge >= 0.3 is 5.97 Å². The molecule has 0 aromatic heterocycles. The summed E-state index contributed by atoms with van der Waals surface area (Å²) in [6.07, 6.45) is 0.733. The molecule has 0 aliphatic heterocycles. The number of esters is 1. The van der Waals surface area contributed by atoms with Gasteiger partial charge in [0.05, 0.1) is 13.4 Å². The molecule has 2 rings (SSSR count). The molecule has 0 saturated carbocycles. The first-order valence-electron chi connectivity index (χ1n) is 6.45. The molecule has 2 aromatic rings. The van der Waals surface area contributed by atoms with Crippen molar-refractivity contribution in [3.05, 3.63) is 72.0 Å².